The van der Waals surface area contributed by atoms with E-state index in [1.165, 1.54) is 23.0 Å². The Kier molecular flexibility index (Phi) is 18.9. The van der Waals surface area contributed by atoms with Crippen molar-refractivity contribution >= 4 is 87.3 Å². The van der Waals surface area contributed by atoms with E-state index in [4.69, 9.17) is 38.0 Å². The van der Waals surface area contributed by atoms with Gasteiger partial charge in [-0.15, -0.1) is 0 Å². The van der Waals surface area contributed by atoms with Crippen LogP contribution < -0.4 is 26.0 Å². The third-order valence-electron chi connectivity index (χ3n) is 18.2. The number of aryl methyl sites for hydroxylation is 2. The predicted octanol–water partition coefficient (Wildman–Crippen LogP) is 8.39. The maximum absolute atomic E-state index is 17.4. The zero-order chi connectivity index (χ0) is 61.6. The molecule has 21 heteroatoms. The van der Waals surface area contributed by atoms with Gasteiger partial charge in [-0.25, -0.2) is 4.39 Å². The van der Waals surface area contributed by atoms with Crippen LogP contribution in [0.15, 0.2) is 66.3 Å². The molecule has 5 fully saturated rings. The van der Waals surface area contributed by atoms with Crippen LogP contribution in [0.25, 0.3) is 43.4 Å². The fourth-order valence-electron chi connectivity index (χ4n) is 13.6. The van der Waals surface area contributed by atoms with E-state index in [9.17, 15) is 24.6 Å². The van der Waals surface area contributed by atoms with E-state index in [0.29, 0.717) is 42.7 Å². The Morgan fingerprint density at radius 1 is 0.976 bits per heavy atom. The van der Waals surface area contributed by atoms with E-state index >= 15 is 4.39 Å². The van der Waals surface area contributed by atoms with Gasteiger partial charge in [0.1, 0.15) is 29.4 Å². The SMILES string of the molecule is CC.CC.[B]C1(C(=O)N[C](C)([Sb])c2ccc(-c3scnc3C)cc2)C[C@@H](O)CN1C(=O)C(N)(C(=O)COC[C@]1(C)CC[C@]2(COc3nc(N4CC5CCC(C4)N5)c4cnc(-c5cc(O)cc6cccc(CC)c56)c(F)c4n3)CCCN12)C(C)(C)C. The first-order valence-electron chi connectivity index (χ1n) is 30.2. The number of fused-ring (bicyclic) bond motifs is 5. The zero-order valence-electron chi connectivity index (χ0n) is 51.1. The Hall–Kier alpha value is -5.34. The molecule has 11 rings (SSSR count). The second-order valence-electron chi connectivity index (χ2n) is 24.7. The molecule has 17 nitrogen and oxygen atoms in total. The maximum atomic E-state index is 17.4. The molecule has 6 N–H and O–H groups in total. The van der Waals surface area contributed by atoms with E-state index in [1.54, 1.807) is 55.9 Å². The summed E-state index contributed by atoms with van der Waals surface area (Å²) in [6.07, 6.45) is 6.14. The summed E-state index contributed by atoms with van der Waals surface area (Å²) in [4.78, 5) is 69.7. The minimum absolute atomic E-state index is 0.00603. The summed E-state index contributed by atoms with van der Waals surface area (Å²) in [7, 11) is 6.92. The second kappa shape index (κ2) is 25.0. The summed E-state index contributed by atoms with van der Waals surface area (Å²) >= 11 is 2.89. The van der Waals surface area contributed by atoms with Crippen molar-refractivity contribution in [2.45, 2.75) is 171 Å². The number of carbonyl (C=O) groups excluding carboxylic acids is 3. The zero-order valence-corrected chi connectivity index (χ0v) is 54.5. The average molecular weight is 1290 g/mol. The van der Waals surface area contributed by atoms with Crippen LogP contribution in [0.2, 0.25) is 0 Å². The molecule has 8 heterocycles. The number of nitrogens with zero attached hydrogens (tertiary/aromatic N) is 7. The van der Waals surface area contributed by atoms with Gasteiger partial charge in [0.05, 0.1) is 10.9 Å². The van der Waals surface area contributed by atoms with Gasteiger partial charge in [0, 0.05) is 36.9 Å². The van der Waals surface area contributed by atoms with Crippen molar-refractivity contribution in [1.29, 1.82) is 0 Å². The third kappa shape index (κ3) is 12.0. The number of Topliss-reactive ketones (excluding diaryl/α,β-unsaturated/α-hetero) is 1. The Morgan fingerprint density at radius 2 is 1.68 bits per heavy atom. The molecule has 5 saturated heterocycles. The molecule has 2 amide bonds. The van der Waals surface area contributed by atoms with Crippen LogP contribution >= 0.6 is 11.3 Å². The number of aromatic nitrogens is 4. The first-order chi connectivity index (χ1) is 40.4. The van der Waals surface area contributed by atoms with Crippen molar-refractivity contribution in [2.75, 3.05) is 50.9 Å². The van der Waals surface area contributed by atoms with Crippen LogP contribution in [-0.4, -0.2) is 175 Å². The summed E-state index contributed by atoms with van der Waals surface area (Å²) in [5.74, 6) is -2.30. The Labute approximate surface area is 518 Å². The number of ether oxygens (including phenoxy) is 2. The fraction of sp³-hybridized carbons (Fsp3) is 0.547. The number of hydrogen-bond donors (Lipinski definition) is 5. The monoisotopic (exact) mass is 1290 g/mol. The van der Waals surface area contributed by atoms with E-state index in [1.807, 2.05) is 90.9 Å². The van der Waals surface area contributed by atoms with Crippen molar-refractivity contribution in [3.8, 4) is 33.5 Å². The first-order valence-corrected chi connectivity index (χ1v) is 32.3. The van der Waals surface area contributed by atoms with Crippen LogP contribution in [0.5, 0.6) is 11.8 Å². The number of phenolic OH excluding ortho intramolecular Hbond substituents is 1. The molecule has 8 atom stereocenters. The molecule has 5 aliphatic rings. The Morgan fingerprint density at radius 3 is 2.34 bits per heavy atom. The van der Waals surface area contributed by atoms with Gasteiger partial charge in [-0.05, 0) is 86.9 Å². The molecule has 0 saturated carbocycles. The van der Waals surface area contributed by atoms with Gasteiger partial charge in [-0.1, -0.05) is 52.8 Å². The third-order valence-corrected chi connectivity index (χ3v) is 20.2. The van der Waals surface area contributed by atoms with E-state index in [-0.39, 0.29) is 61.2 Å². The summed E-state index contributed by atoms with van der Waals surface area (Å²) in [5, 5.41) is 30.8. The number of thiazole rings is 1. The van der Waals surface area contributed by atoms with Crippen molar-refractivity contribution in [3.63, 3.8) is 0 Å². The van der Waals surface area contributed by atoms with Crippen LogP contribution in [0.1, 0.15) is 131 Å². The second-order valence-corrected chi connectivity index (χ2v) is 28.1. The number of halogens is 1. The number of piperazine rings is 1. The number of phenols is 1. The number of β-amino-alcohol motifs (C(OH)–C–C–N with tert-alkyl or cyclic N) is 1. The number of ketones is 1. The van der Waals surface area contributed by atoms with Gasteiger partial charge >= 0.3 is 255 Å². The summed E-state index contributed by atoms with van der Waals surface area (Å²) in [6, 6.07) is 17.5. The fourth-order valence-corrected chi connectivity index (χ4v) is 15.1. The number of nitrogens with one attached hydrogen (secondary N) is 2. The molecule has 3 aromatic heterocycles. The number of aliphatic hydroxyl groups excluding tert-OH is 1. The van der Waals surface area contributed by atoms with Crippen LogP contribution in [0, 0.1) is 18.2 Å². The van der Waals surface area contributed by atoms with Gasteiger partial charge in [0.25, 0.3) is 0 Å². The van der Waals surface area contributed by atoms with E-state index in [0.717, 1.165) is 81.6 Å². The van der Waals surface area contributed by atoms with Gasteiger partial charge < -0.3 is 20.1 Å². The molecular formula is C64H83BFN10O7SSb. The number of likely N-dealkylation sites (tertiary alicyclic amines) is 1. The van der Waals surface area contributed by atoms with Crippen molar-refractivity contribution in [3.05, 3.63) is 88.9 Å². The standard InChI is InChI=1S/C60H71BFN10O7S.2C2H6.Sb/c1-8-36-11-9-12-39-23-42(73)24-44(47(36)39)49-48(62)50-45(26-64-49)52(70-27-40-17-18-41(28-70)67-40)69-55(68-50)79-32-58-19-10-22-72(58)57(7,20-21-58)31-78-30-46(75)60(63,56(4,5)6)54(77)71-29-43(74)25-59(71,61)53(76)66-34(2)37-13-15-38(16-14-37)51-35(3)65-33-80-51;2*1-2;/h9,11-16,23-24,26,33,40-41,43,67,73-74H,8,10,17-22,25,27-32,63H2,1-7H3,(H,66,76);2*1-2H3;/t40?,41?,43-,57+,58+,59?,60?;;;/m1.../s1. The normalized spacial score (nSPS) is 25.1. The van der Waals surface area contributed by atoms with Gasteiger partial charge in [0.15, 0.2) is 5.82 Å². The molecule has 452 valence electrons. The quantitative estimate of drug-likeness (QED) is 0.0454. The van der Waals surface area contributed by atoms with Crippen molar-refractivity contribution in [1.82, 2.24) is 40.4 Å². The van der Waals surface area contributed by atoms with Gasteiger partial charge in [-0.3, -0.25) is 9.88 Å². The number of hydrogen-bond acceptors (Lipinski definition) is 16. The van der Waals surface area contributed by atoms with Gasteiger partial charge in [-0.2, -0.15) is 9.97 Å². The Bertz CT molecular complexity index is 3450. The number of rotatable bonds is 16. The molecule has 4 radical (unpaired) electrons. The Balaban J connectivity index is 0.00000212. The average Bonchev–Trinajstić information content (AvgIpc) is 1.89. The number of carbonyl (C=O) groups is 3. The number of aliphatic hydroxyl groups is 1. The molecule has 5 unspecified atom stereocenters. The number of aromatic hydroxyl groups is 1. The molecule has 85 heavy (non-hydrogen) atoms. The number of amides is 2. The summed E-state index contributed by atoms with van der Waals surface area (Å²) in [5.41, 5.74) is 6.81. The molecular weight excluding hydrogens is 1200 g/mol. The topological polar surface area (TPSA) is 221 Å². The van der Waals surface area contributed by atoms with Crippen LogP contribution in [0.3, 0.4) is 0 Å². The number of benzene rings is 3. The molecule has 6 aromatic rings. The van der Waals surface area contributed by atoms with Crippen LogP contribution in [-0.2, 0) is 29.0 Å². The van der Waals surface area contributed by atoms with Crippen LogP contribution in [0.4, 0.5) is 10.2 Å². The van der Waals surface area contributed by atoms with Gasteiger partial charge in [0.2, 0.25) is 0 Å². The predicted molar refractivity (Wildman–Crippen MR) is 334 cm³/mol. The first kappa shape index (κ1) is 64.1. The molecule has 0 spiro atoms. The number of pyridine rings is 1. The number of anilines is 1. The summed E-state index contributed by atoms with van der Waals surface area (Å²) < 4.78 is 29.6. The minimum atomic E-state index is -2.21. The molecule has 2 bridgehead atoms. The van der Waals surface area contributed by atoms with Crippen molar-refractivity contribution < 1.29 is 38.5 Å². The molecule has 5 aliphatic heterocycles. The number of nitrogens with two attached hydrogens (primary N) is 1. The van der Waals surface area contributed by atoms with E-state index < -0.39 is 67.1 Å². The van der Waals surface area contributed by atoms with Crippen molar-refractivity contribution in [2.24, 2.45) is 11.1 Å². The summed E-state index contributed by atoms with van der Waals surface area (Å²) in [6.45, 7) is 22.7. The van der Waals surface area contributed by atoms with E-state index in [2.05, 4.69) is 32.3 Å². The molecule has 3 aromatic carbocycles. The molecule has 0 aliphatic carbocycles.